The predicted molar refractivity (Wildman–Crippen MR) is 68.5 cm³/mol. The molecule has 0 radical (unpaired) electrons. The Labute approximate surface area is 106 Å². The van der Waals surface area contributed by atoms with Crippen LogP contribution in [-0.2, 0) is 6.54 Å². The van der Waals surface area contributed by atoms with Crippen molar-refractivity contribution in [2.75, 3.05) is 0 Å². The zero-order chi connectivity index (χ0) is 12.5. The molecule has 0 atom stereocenters. The molecule has 0 aromatic carbocycles. The van der Waals surface area contributed by atoms with Crippen LogP contribution in [0.1, 0.15) is 29.8 Å². The summed E-state index contributed by atoms with van der Waals surface area (Å²) in [5.74, 6) is 0.774. The molecular formula is C13H17N5. The summed E-state index contributed by atoms with van der Waals surface area (Å²) < 4.78 is 1.87. The van der Waals surface area contributed by atoms with E-state index in [0.29, 0.717) is 6.04 Å². The standard InChI is InChI=1S/C13H17N5/c1-9-12(8-14-11-5-6-11)10(2)18(17-9)13-4-3-7-15-16-13/h3-4,7,11,14H,5-6,8H2,1-2H3. The highest BCUT2D eigenvalue weighted by Gasteiger charge is 2.22. The van der Waals surface area contributed by atoms with Crippen LogP contribution in [0.5, 0.6) is 0 Å². The number of aromatic nitrogens is 4. The summed E-state index contributed by atoms with van der Waals surface area (Å²) >= 11 is 0. The molecule has 3 rings (SSSR count). The molecule has 5 nitrogen and oxygen atoms in total. The quantitative estimate of drug-likeness (QED) is 0.884. The highest BCUT2D eigenvalue weighted by Crippen LogP contribution is 2.21. The van der Waals surface area contributed by atoms with Crippen molar-refractivity contribution in [3.05, 3.63) is 35.3 Å². The molecule has 0 aliphatic heterocycles. The van der Waals surface area contributed by atoms with E-state index >= 15 is 0 Å². The van der Waals surface area contributed by atoms with E-state index in [9.17, 15) is 0 Å². The number of hydrogen-bond acceptors (Lipinski definition) is 4. The van der Waals surface area contributed by atoms with Gasteiger partial charge < -0.3 is 5.32 Å². The maximum absolute atomic E-state index is 4.55. The lowest BCUT2D eigenvalue weighted by molar-refractivity contribution is 0.681. The summed E-state index contributed by atoms with van der Waals surface area (Å²) in [7, 11) is 0. The van der Waals surface area contributed by atoms with Crippen molar-refractivity contribution in [3.63, 3.8) is 0 Å². The van der Waals surface area contributed by atoms with Crippen molar-refractivity contribution in [2.24, 2.45) is 0 Å². The maximum Gasteiger partial charge on any atom is 0.175 e. The van der Waals surface area contributed by atoms with Crippen LogP contribution in [0.15, 0.2) is 18.3 Å². The van der Waals surface area contributed by atoms with Gasteiger partial charge in [-0.1, -0.05) is 0 Å². The minimum absolute atomic E-state index is 0.712. The van der Waals surface area contributed by atoms with Crippen LogP contribution in [0.3, 0.4) is 0 Å². The molecule has 1 fully saturated rings. The largest absolute Gasteiger partial charge is 0.310 e. The third-order valence-corrected chi connectivity index (χ3v) is 3.36. The van der Waals surface area contributed by atoms with Crippen LogP contribution in [0, 0.1) is 13.8 Å². The molecule has 0 saturated heterocycles. The van der Waals surface area contributed by atoms with Gasteiger partial charge in [0.25, 0.3) is 0 Å². The van der Waals surface area contributed by atoms with E-state index < -0.39 is 0 Å². The van der Waals surface area contributed by atoms with Crippen LogP contribution in [0.25, 0.3) is 5.82 Å². The van der Waals surface area contributed by atoms with Gasteiger partial charge >= 0.3 is 0 Å². The van der Waals surface area contributed by atoms with Gasteiger partial charge in [0.2, 0.25) is 0 Å². The molecule has 2 aromatic heterocycles. The SMILES string of the molecule is Cc1nn(-c2cccnn2)c(C)c1CNC1CC1. The molecule has 5 heteroatoms. The molecule has 0 spiro atoms. The zero-order valence-electron chi connectivity index (χ0n) is 10.7. The Bertz CT molecular complexity index is 542. The van der Waals surface area contributed by atoms with E-state index in [1.807, 2.05) is 23.7 Å². The highest BCUT2D eigenvalue weighted by atomic mass is 15.3. The number of rotatable bonds is 4. The number of aryl methyl sites for hydroxylation is 1. The van der Waals surface area contributed by atoms with Crippen LogP contribution in [-0.4, -0.2) is 26.0 Å². The molecule has 0 amide bonds. The van der Waals surface area contributed by atoms with Gasteiger partial charge in [0.15, 0.2) is 5.82 Å². The second-order valence-electron chi connectivity index (χ2n) is 4.80. The first-order valence-corrected chi connectivity index (χ1v) is 6.32. The lowest BCUT2D eigenvalue weighted by Crippen LogP contribution is -2.16. The summed E-state index contributed by atoms with van der Waals surface area (Å²) in [6.07, 6.45) is 4.28. The van der Waals surface area contributed by atoms with Gasteiger partial charge in [-0.3, -0.25) is 0 Å². The first kappa shape index (κ1) is 11.3. The molecule has 94 valence electrons. The van der Waals surface area contributed by atoms with Crippen molar-refractivity contribution < 1.29 is 0 Å². The lowest BCUT2D eigenvalue weighted by atomic mass is 10.2. The van der Waals surface area contributed by atoms with Crippen LogP contribution < -0.4 is 5.32 Å². The summed E-state index contributed by atoms with van der Waals surface area (Å²) in [4.78, 5) is 0. The van der Waals surface area contributed by atoms with Crippen LogP contribution in [0.4, 0.5) is 0 Å². The van der Waals surface area contributed by atoms with Crippen LogP contribution in [0.2, 0.25) is 0 Å². The molecule has 1 saturated carbocycles. The topological polar surface area (TPSA) is 55.6 Å². The molecule has 18 heavy (non-hydrogen) atoms. The Morgan fingerprint density at radius 2 is 2.22 bits per heavy atom. The third kappa shape index (κ3) is 2.13. The summed E-state index contributed by atoms with van der Waals surface area (Å²) in [5, 5.41) is 16.1. The van der Waals surface area contributed by atoms with Crippen LogP contribution >= 0.6 is 0 Å². The van der Waals surface area contributed by atoms with E-state index in [1.54, 1.807) is 6.20 Å². The molecule has 2 heterocycles. The van der Waals surface area contributed by atoms with Crippen molar-refractivity contribution in [3.8, 4) is 5.82 Å². The van der Waals surface area contributed by atoms with Crippen molar-refractivity contribution >= 4 is 0 Å². The Morgan fingerprint density at radius 3 is 2.89 bits per heavy atom. The molecule has 1 aliphatic carbocycles. The highest BCUT2D eigenvalue weighted by molar-refractivity contribution is 5.31. The van der Waals surface area contributed by atoms with E-state index in [1.165, 1.54) is 18.4 Å². The summed E-state index contributed by atoms with van der Waals surface area (Å²) in [5.41, 5.74) is 3.47. The smallest absolute Gasteiger partial charge is 0.175 e. The monoisotopic (exact) mass is 243 g/mol. The molecule has 1 N–H and O–H groups in total. The second kappa shape index (κ2) is 4.49. The van der Waals surface area contributed by atoms with E-state index in [2.05, 4.69) is 27.5 Å². The van der Waals surface area contributed by atoms with Gasteiger partial charge in [0.05, 0.1) is 5.69 Å². The molecule has 2 aromatic rings. The van der Waals surface area contributed by atoms with Gasteiger partial charge in [-0.25, -0.2) is 4.68 Å². The first-order chi connectivity index (χ1) is 8.75. The van der Waals surface area contributed by atoms with Gasteiger partial charge in [-0.15, -0.1) is 5.10 Å². The van der Waals surface area contributed by atoms with E-state index in [0.717, 1.165) is 23.8 Å². The fourth-order valence-electron chi connectivity index (χ4n) is 2.09. The van der Waals surface area contributed by atoms with Crippen molar-refractivity contribution in [1.82, 2.24) is 25.3 Å². The number of nitrogens with one attached hydrogen (secondary N) is 1. The van der Waals surface area contributed by atoms with E-state index in [4.69, 9.17) is 0 Å². The summed E-state index contributed by atoms with van der Waals surface area (Å²) in [6.45, 7) is 5.02. The number of nitrogens with zero attached hydrogens (tertiary/aromatic N) is 4. The number of hydrogen-bond donors (Lipinski definition) is 1. The molecular weight excluding hydrogens is 226 g/mol. The predicted octanol–water partition coefficient (Wildman–Crippen LogP) is 1.53. The first-order valence-electron chi connectivity index (χ1n) is 6.32. The third-order valence-electron chi connectivity index (χ3n) is 3.36. The Hall–Kier alpha value is -1.75. The van der Waals surface area contributed by atoms with Gasteiger partial charge in [-0.2, -0.15) is 10.2 Å². The van der Waals surface area contributed by atoms with Crippen molar-refractivity contribution in [1.29, 1.82) is 0 Å². The average Bonchev–Trinajstić information content (AvgIpc) is 3.16. The Balaban J connectivity index is 1.89. The second-order valence-corrected chi connectivity index (χ2v) is 4.80. The van der Waals surface area contributed by atoms with Gasteiger partial charge in [0.1, 0.15) is 0 Å². The zero-order valence-corrected chi connectivity index (χ0v) is 10.7. The molecule has 0 unspecified atom stereocenters. The Kier molecular flexibility index (Phi) is 2.83. The van der Waals surface area contributed by atoms with Crippen molar-refractivity contribution in [2.45, 2.75) is 39.3 Å². The Morgan fingerprint density at radius 1 is 1.39 bits per heavy atom. The molecule has 0 bridgehead atoms. The lowest BCUT2D eigenvalue weighted by Gasteiger charge is -2.04. The van der Waals surface area contributed by atoms with Gasteiger partial charge in [-0.05, 0) is 38.8 Å². The fraction of sp³-hybridized carbons (Fsp3) is 0.462. The molecule has 1 aliphatic rings. The average molecular weight is 243 g/mol. The van der Waals surface area contributed by atoms with E-state index in [-0.39, 0.29) is 0 Å². The summed E-state index contributed by atoms with van der Waals surface area (Å²) in [6, 6.07) is 4.51. The normalized spacial score (nSPS) is 15.0. The maximum atomic E-state index is 4.55. The minimum Gasteiger partial charge on any atom is -0.310 e. The van der Waals surface area contributed by atoms with Gasteiger partial charge in [0, 0.05) is 30.0 Å². The fourth-order valence-corrected chi connectivity index (χ4v) is 2.09. The minimum atomic E-state index is 0.712.